The van der Waals surface area contributed by atoms with Crippen LogP contribution in [0.3, 0.4) is 0 Å². The molecule has 8 nitrogen and oxygen atoms in total. The molecule has 162 valence electrons. The van der Waals surface area contributed by atoms with Crippen LogP contribution in [0.5, 0.6) is 40.2 Å². The van der Waals surface area contributed by atoms with Gasteiger partial charge in [-0.1, -0.05) is 0 Å². The van der Waals surface area contributed by atoms with Crippen LogP contribution >= 0.6 is 0 Å². The Hall–Kier alpha value is -4.20. The van der Waals surface area contributed by atoms with Gasteiger partial charge in [-0.25, -0.2) is 0 Å². The Morgan fingerprint density at radius 3 is 2.12 bits per heavy atom. The van der Waals surface area contributed by atoms with Crippen molar-refractivity contribution in [3.63, 3.8) is 0 Å². The molecule has 2 aliphatic heterocycles. The summed E-state index contributed by atoms with van der Waals surface area (Å²) in [6.45, 7) is 0.251. The van der Waals surface area contributed by atoms with Crippen LogP contribution in [-0.2, 0) is 0 Å². The summed E-state index contributed by atoms with van der Waals surface area (Å²) in [4.78, 5) is 0. The van der Waals surface area contributed by atoms with Crippen LogP contribution in [-0.4, -0.2) is 32.9 Å². The molecule has 4 aromatic rings. The standard InChI is InChI=1S/C24H18O8/c1-26-16-4-3-12(5-18(16)27-2)24-23(13-6-19-21(8-15(13)25)30-10-28-19)14-7-20-22(31-11-29-20)9-17(14)32-24/h3-9,25H,10-11H2,1-2H3. The Labute approximate surface area is 182 Å². The summed E-state index contributed by atoms with van der Waals surface area (Å²) in [5.74, 6) is 3.98. The maximum absolute atomic E-state index is 10.9. The Balaban J connectivity index is 1.64. The number of hydrogen-bond acceptors (Lipinski definition) is 8. The summed E-state index contributed by atoms with van der Waals surface area (Å²) in [6, 6.07) is 12.4. The summed E-state index contributed by atoms with van der Waals surface area (Å²) in [7, 11) is 3.15. The van der Waals surface area contributed by atoms with E-state index in [4.69, 9.17) is 32.8 Å². The predicted octanol–water partition coefficient (Wildman–Crippen LogP) is 4.95. The number of furan rings is 1. The first-order valence-electron chi connectivity index (χ1n) is 9.88. The number of benzene rings is 3. The molecule has 1 aromatic heterocycles. The second kappa shape index (κ2) is 6.91. The minimum Gasteiger partial charge on any atom is -0.507 e. The molecule has 32 heavy (non-hydrogen) atoms. The van der Waals surface area contributed by atoms with Crippen molar-refractivity contribution < 1.29 is 37.9 Å². The number of ether oxygens (including phenoxy) is 6. The molecule has 0 saturated carbocycles. The van der Waals surface area contributed by atoms with E-state index in [-0.39, 0.29) is 19.3 Å². The lowest BCUT2D eigenvalue weighted by molar-refractivity contribution is 0.173. The maximum atomic E-state index is 10.9. The highest BCUT2D eigenvalue weighted by Crippen LogP contribution is 2.51. The summed E-state index contributed by atoms with van der Waals surface area (Å²) in [5, 5.41) is 11.6. The molecule has 3 heterocycles. The summed E-state index contributed by atoms with van der Waals surface area (Å²) in [5.41, 5.74) is 2.55. The molecule has 6 rings (SSSR count). The predicted molar refractivity (Wildman–Crippen MR) is 114 cm³/mol. The van der Waals surface area contributed by atoms with Gasteiger partial charge in [-0.05, 0) is 30.3 Å². The van der Waals surface area contributed by atoms with Gasteiger partial charge in [-0.15, -0.1) is 0 Å². The fourth-order valence-corrected chi connectivity index (χ4v) is 4.07. The van der Waals surface area contributed by atoms with E-state index in [0.29, 0.717) is 57.0 Å². The maximum Gasteiger partial charge on any atom is 0.231 e. The molecule has 0 amide bonds. The monoisotopic (exact) mass is 434 g/mol. The highest BCUT2D eigenvalue weighted by molar-refractivity contribution is 6.04. The lowest BCUT2D eigenvalue weighted by atomic mass is 9.97. The van der Waals surface area contributed by atoms with Crippen LogP contribution in [0, 0.1) is 0 Å². The van der Waals surface area contributed by atoms with Crippen molar-refractivity contribution in [2.75, 3.05) is 27.8 Å². The summed E-state index contributed by atoms with van der Waals surface area (Å²) >= 11 is 0. The van der Waals surface area contributed by atoms with Gasteiger partial charge >= 0.3 is 0 Å². The van der Waals surface area contributed by atoms with E-state index in [1.54, 1.807) is 38.5 Å². The van der Waals surface area contributed by atoms with Crippen molar-refractivity contribution in [3.05, 3.63) is 42.5 Å². The van der Waals surface area contributed by atoms with Crippen molar-refractivity contribution in [2.45, 2.75) is 0 Å². The Bertz CT molecular complexity index is 1370. The zero-order valence-electron chi connectivity index (χ0n) is 17.3. The van der Waals surface area contributed by atoms with Crippen molar-refractivity contribution in [3.8, 4) is 62.7 Å². The molecular weight excluding hydrogens is 416 g/mol. The van der Waals surface area contributed by atoms with E-state index in [1.165, 1.54) is 0 Å². The second-order valence-electron chi connectivity index (χ2n) is 7.30. The molecule has 0 unspecified atom stereocenters. The third kappa shape index (κ3) is 2.69. The molecule has 0 atom stereocenters. The van der Waals surface area contributed by atoms with Crippen molar-refractivity contribution in [1.29, 1.82) is 0 Å². The molecular formula is C24H18O8. The number of phenolic OH excluding ortho intramolecular Hbond substituents is 1. The highest BCUT2D eigenvalue weighted by Gasteiger charge is 2.27. The third-order valence-electron chi connectivity index (χ3n) is 5.59. The smallest absolute Gasteiger partial charge is 0.231 e. The SMILES string of the molecule is COc1ccc(-c2oc3cc4c(cc3c2-c2cc3c(cc2O)OCO3)OCO4)cc1OC. The molecule has 0 fully saturated rings. The van der Waals surface area contributed by atoms with Crippen LogP contribution in [0.1, 0.15) is 0 Å². The minimum atomic E-state index is 0.0383. The average Bonchev–Trinajstić information content (AvgIpc) is 3.54. The number of fused-ring (bicyclic) bond motifs is 3. The number of hydrogen-bond donors (Lipinski definition) is 1. The van der Waals surface area contributed by atoms with Crippen LogP contribution in [0.25, 0.3) is 33.4 Å². The molecule has 0 saturated heterocycles. The highest BCUT2D eigenvalue weighted by atomic mass is 16.7. The fourth-order valence-electron chi connectivity index (χ4n) is 4.07. The zero-order valence-corrected chi connectivity index (χ0v) is 17.3. The molecule has 0 radical (unpaired) electrons. The molecule has 1 N–H and O–H groups in total. The normalized spacial score (nSPS) is 13.6. The summed E-state index contributed by atoms with van der Waals surface area (Å²) < 4.78 is 39.2. The zero-order chi connectivity index (χ0) is 21.8. The van der Waals surface area contributed by atoms with Gasteiger partial charge in [0.2, 0.25) is 13.6 Å². The Morgan fingerprint density at radius 1 is 0.750 bits per heavy atom. The number of methoxy groups -OCH3 is 2. The van der Waals surface area contributed by atoms with Gasteiger partial charge in [-0.2, -0.15) is 0 Å². The number of phenols is 1. The van der Waals surface area contributed by atoms with E-state index in [9.17, 15) is 5.11 Å². The first-order valence-corrected chi connectivity index (χ1v) is 9.88. The molecule has 0 aliphatic carbocycles. The number of rotatable bonds is 4. The van der Waals surface area contributed by atoms with Crippen molar-refractivity contribution in [2.24, 2.45) is 0 Å². The first-order chi connectivity index (χ1) is 15.7. The van der Waals surface area contributed by atoms with Crippen LogP contribution in [0.4, 0.5) is 0 Å². The second-order valence-corrected chi connectivity index (χ2v) is 7.30. The lowest BCUT2D eigenvalue weighted by Gasteiger charge is -2.11. The fraction of sp³-hybridized carbons (Fsp3) is 0.167. The largest absolute Gasteiger partial charge is 0.507 e. The minimum absolute atomic E-state index is 0.0383. The van der Waals surface area contributed by atoms with Gasteiger partial charge in [0.1, 0.15) is 17.1 Å². The van der Waals surface area contributed by atoms with Crippen LogP contribution < -0.4 is 28.4 Å². The molecule has 3 aromatic carbocycles. The van der Waals surface area contributed by atoms with E-state index < -0.39 is 0 Å². The van der Waals surface area contributed by atoms with Gasteiger partial charge < -0.3 is 37.9 Å². The summed E-state index contributed by atoms with van der Waals surface area (Å²) in [6.07, 6.45) is 0. The van der Waals surface area contributed by atoms with Gasteiger partial charge in [0.25, 0.3) is 0 Å². The van der Waals surface area contributed by atoms with E-state index >= 15 is 0 Å². The molecule has 8 heteroatoms. The first kappa shape index (κ1) is 18.6. The quantitative estimate of drug-likeness (QED) is 0.483. The van der Waals surface area contributed by atoms with Crippen LogP contribution in [0.15, 0.2) is 46.9 Å². The van der Waals surface area contributed by atoms with Crippen molar-refractivity contribution in [1.82, 2.24) is 0 Å². The van der Waals surface area contributed by atoms with E-state index in [2.05, 4.69) is 0 Å². The van der Waals surface area contributed by atoms with Crippen LogP contribution in [0.2, 0.25) is 0 Å². The molecule has 0 bridgehead atoms. The molecule has 0 spiro atoms. The Morgan fingerprint density at radius 2 is 1.41 bits per heavy atom. The van der Waals surface area contributed by atoms with Gasteiger partial charge in [0.15, 0.2) is 34.5 Å². The molecule has 2 aliphatic rings. The number of aromatic hydroxyl groups is 1. The van der Waals surface area contributed by atoms with Crippen molar-refractivity contribution >= 4 is 11.0 Å². The van der Waals surface area contributed by atoms with Gasteiger partial charge in [-0.3, -0.25) is 0 Å². The third-order valence-corrected chi connectivity index (χ3v) is 5.59. The van der Waals surface area contributed by atoms with E-state index in [1.807, 2.05) is 18.2 Å². The van der Waals surface area contributed by atoms with Gasteiger partial charge in [0.05, 0.1) is 14.2 Å². The topological polar surface area (TPSA) is 88.8 Å². The van der Waals surface area contributed by atoms with Gasteiger partial charge in [0, 0.05) is 34.2 Å². The average molecular weight is 434 g/mol. The lowest BCUT2D eigenvalue weighted by Crippen LogP contribution is -1.93. The Kier molecular flexibility index (Phi) is 4.01. The van der Waals surface area contributed by atoms with E-state index in [0.717, 1.165) is 10.9 Å².